The van der Waals surface area contributed by atoms with E-state index < -0.39 is 0 Å². The lowest BCUT2D eigenvalue weighted by molar-refractivity contribution is 0.452. The van der Waals surface area contributed by atoms with Crippen molar-refractivity contribution in [3.8, 4) is 0 Å². The fourth-order valence-corrected chi connectivity index (χ4v) is 2.45. The zero-order valence-electron chi connectivity index (χ0n) is 9.72. The first kappa shape index (κ1) is 13.0. The van der Waals surface area contributed by atoms with Crippen molar-refractivity contribution in [1.82, 2.24) is 5.32 Å². The van der Waals surface area contributed by atoms with Crippen LogP contribution >= 0.6 is 22.9 Å². The lowest BCUT2D eigenvalue weighted by Gasteiger charge is -2.14. The molecular weight excluding hydrogens is 226 g/mol. The highest BCUT2D eigenvalue weighted by atomic mass is 35.5. The summed E-state index contributed by atoms with van der Waals surface area (Å²) in [5.74, 6) is 0.797. The van der Waals surface area contributed by atoms with Gasteiger partial charge in [-0.1, -0.05) is 25.4 Å². The van der Waals surface area contributed by atoms with Crippen molar-refractivity contribution in [2.75, 3.05) is 0 Å². The SMILES string of the molecule is CC(C)CCC(C)NCc1ccc(Cl)s1. The number of rotatable bonds is 6. The summed E-state index contributed by atoms with van der Waals surface area (Å²) in [7, 11) is 0. The maximum Gasteiger partial charge on any atom is 0.0931 e. The van der Waals surface area contributed by atoms with Crippen molar-refractivity contribution in [1.29, 1.82) is 0 Å². The zero-order chi connectivity index (χ0) is 11.3. The Balaban J connectivity index is 2.19. The molecule has 0 amide bonds. The summed E-state index contributed by atoms with van der Waals surface area (Å²) in [5.41, 5.74) is 0. The molecule has 0 aromatic carbocycles. The molecule has 15 heavy (non-hydrogen) atoms. The van der Waals surface area contributed by atoms with E-state index in [1.54, 1.807) is 11.3 Å². The molecule has 0 spiro atoms. The van der Waals surface area contributed by atoms with Gasteiger partial charge in [-0.05, 0) is 37.8 Å². The van der Waals surface area contributed by atoms with Crippen molar-refractivity contribution in [3.05, 3.63) is 21.3 Å². The first-order valence-electron chi connectivity index (χ1n) is 5.55. The summed E-state index contributed by atoms with van der Waals surface area (Å²) in [4.78, 5) is 1.32. The molecule has 0 saturated carbocycles. The van der Waals surface area contributed by atoms with Gasteiger partial charge in [0.25, 0.3) is 0 Å². The minimum atomic E-state index is 0.591. The normalized spacial score (nSPS) is 13.4. The standard InChI is InChI=1S/C12H20ClNS/c1-9(2)4-5-10(3)14-8-11-6-7-12(13)15-11/h6-7,9-10,14H,4-5,8H2,1-3H3. The van der Waals surface area contributed by atoms with Crippen molar-refractivity contribution >= 4 is 22.9 Å². The van der Waals surface area contributed by atoms with Crippen molar-refractivity contribution in [2.45, 2.75) is 46.2 Å². The second-order valence-electron chi connectivity index (χ2n) is 4.46. The number of hydrogen-bond acceptors (Lipinski definition) is 2. The van der Waals surface area contributed by atoms with E-state index in [9.17, 15) is 0 Å². The molecule has 0 aliphatic carbocycles. The predicted molar refractivity (Wildman–Crippen MR) is 69.7 cm³/mol. The van der Waals surface area contributed by atoms with E-state index in [4.69, 9.17) is 11.6 Å². The Hall–Kier alpha value is -0.0500. The van der Waals surface area contributed by atoms with Crippen LogP contribution in [0.5, 0.6) is 0 Å². The molecule has 3 heteroatoms. The van der Waals surface area contributed by atoms with Crippen LogP contribution in [0.2, 0.25) is 4.34 Å². The van der Waals surface area contributed by atoms with Gasteiger partial charge < -0.3 is 5.32 Å². The largest absolute Gasteiger partial charge is 0.309 e. The van der Waals surface area contributed by atoms with Crippen LogP contribution in [0.3, 0.4) is 0 Å². The number of hydrogen-bond donors (Lipinski definition) is 1. The van der Waals surface area contributed by atoms with E-state index in [0.29, 0.717) is 6.04 Å². The summed E-state index contributed by atoms with van der Waals surface area (Å²) in [6.07, 6.45) is 2.54. The van der Waals surface area contributed by atoms with Gasteiger partial charge in [-0.3, -0.25) is 0 Å². The Morgan fingerprint density at radius 1 is 1.27 bits per heavy atom. The fourth-order valence-electron chi connectivity index (χ4n) is 1.41. The maximum absolute atomic E-state index is 5.87. The third kappa shape index (κ3) is 5.55. The Morgan fingerprint density at radius 2 is 2.00 bits per heavy atom. The van der Waals surface area contributed by atoms with Crippen molar-refractivity contribution in [3.63, 3.8) is 0 Å². The highest BCUT2D eigenvalue weighted by Gasteiger charge is 2.04. The molecule has 1 heterocycles. The molecule has 1 N–H and O–H groups in total. The third-order valence-corrected chi connectivity index (χ3v) is 3.66. The highest BCUT2D eigenvalue weighted by molar-refractivity contribution is 7.16. The number of halogens is 1. The minimum Gasteiger partial charge on any atom is -0.309 e. The average Bonchev–Trinajstić information content (AvgIpc) is 2.58. The Bertz CT molecular complexity index is 283. The van der Waals surface area contributed by atoms with Crippen LogP contribution in [0.1, 0.15) is 38.5 Å². The molecule has 0 radical (unpaired) electrons. The van der Waals surface area contributed by atoms with Gasteiger partial charge >= 0.3 is 0 Å². The molecule has 1 aromatic heterocycles. The molecule has 0 fully saturated rings. The fraction of sp³-hybridized carbons (Fsp3) is 0.667. The van der Waals surface area contributed by atoms with Gasteiger partial charge in [-0.25, -0.2) is 0 Å². The van der Waals surface area contributed by atoms with Gasteiger partial charge in [-0.15, -0.1) is 11.3 Å². The summed E-state index contributed by atoms with van der Waals surface area (Å²) >= 11 is 7.53. The molecule has 0 bridgehead atoms. The maximum atomic E-state index is 5.87. The first-order valence-corrected chi connectivity index (χ1v) is 6.75. The van der Waals surface area contributed by atoms with E-state index >= 15 is 0 Å². The molecule has 1 aromatic rings. The smallest absolute Gasteiger partial charge is 0.0931 e. The van der Waals surface area contributed by atoms with Crippen LogP contribution in [-0.4, -0.2) is 6.04 Å². The van der Waals surface area contributed by atoms with E-state index in [-0.39, 0.29) is 0 Å². The molecule has 86 valence electrons. The zero-order valence-corrected chi connectivity index (χ0v) is 11.3. The molecule has 0 saturated heterocycles. The number of nitrogens with one attached hydrogen (secondary N) is 1. The average molecular weight is 246 g/mol. The molecule has 1 atom stereocenters. The van der Waals surface area contributed by atoms with E-state index in [1.807, 2.05) is 6.07 Å². The predicted octanol–water partition coefficient (Wildman–Crippen LogP) is 4.32. The van der Waals surface area contributed by atoms with Gasteiger partial charge in [-0.2, -0.15) is 0 Å². The summed E-state index contributed by atoms with van der Waals surface area (Å²) in [6.45, 7) is 7.73. The summed E-state index contributed by atoms with van der Waals surface area (Å²) in [5, 5.41) is 3.52. The van der Waals surface area contributed by atoms with Crippen LogP contribution < -0.4 is 5.32 Å². The van der Waals surface area contributed by atoms with Gasteiger partial charge in [0.2, 0.25) is 0 Å². The van der Waals surface area contributed by atoms with Gasteiger partial charge in [0.1, 0.15) is 0 Å². The second kappa shape index (κ2) is 6.51. The lowest BCUT2D eigenvalue weighted by atomic mass is 10.0. The van der Waals surface area contributed by atoms with Crippen molar-refractivity contribution in [2.24, 2.45) is 5.92 Å². The topological polar surface area (TPSA) is 12.0 Å². The lowest BCUT2D eigenvalue weighted by Crippen LogP contribution is -2.25. The van der Waals surface area contributed by atoms with Crippen LogP contribution in [0.4, 0.5) is 0 Å². The van der Waals surface area contributed by atoms with Crippen molar-refractivity contribution < 1.29 is 0 Å². The Morgan fingerprint density at radius 3 is 2.53 bits per heavy atom. The van der Waals surface area contributed by atoms with Gasteiger partial charge in [0, 0.05) is 17.5 Å². The van der Waals surface area contributed by atoms with E-state index in [1.165, 1.54) is 17.7 Å². The van der Waals surface area contributed by atoms with Crippen LogP contribution in [-0.2, 0) is 6.54 Å². The third-order valence-electron chi connectivity index (χ3n) is 2.43. The van der Waals surface area contributed by atoms with E-state index in [2.05, 4.69) is 32.2 Å². The Kier molecular flexibility index (Phi) is 5.65. The molecular formula is C12H20ClNS. The monoisotopic (exact) mass is 245 g/mol. The Labute approximate surface area is 102 Å². The van der Waals surface area contributed by atoms with Gasteiger partial charge in [0.05, 0.1) is 4.34 Å². The molecule has 0 aliphatic heterocycles. The van der Waals surface area contributed by atoms with Crippen LogP contribution in [0, 0.1) is 5.92 Å². The van der Waals surface area contributed by atoms with Gasteiger partial charge in [0.15, 0.2) is 0 Å². The summed E-state index contributed by atoms with van der Waals surface area (Å²) < 4.78 is 0.877. The second-order valence-corrected chi connectivity index (χ2v) is 6.26. The van der Waals surface area contributed by atoms with Crippen LogP contribution in [0.15, 0.2) is 12.1 Å². The molecule has 1 nitrogen and oxygen atoms in total. The molecule has 1 unspecified atom stereocenters. The van der Waals surface area contributed by atoms with E-state index in [0.717, 1.165) is 16.8 Å². The minimum absolute atomic E-state index is 0.591. The highest BCUT2D eigenvalue weighted by Crippen LogP contribution is 2.21. The molecule has 0 aliphatic rings. The quantitative estimate of drug-likeness (QED) is 0.787. The first-order chi connectivity index (χ1) is 7.08. The number of thiophene rings is 1. The molecule has 1 rings (SSSR count). The van der Waals surface area contributed by atoms with Crippen LogP contribution in [0.25, 0.3) is 0 Å². The summed E-state index contributed by atoms with van der Waals surface area (Å²) in [6, 6.07) is 4.64.